The molecule has 1 unspecified atom stereocenters. The fourth-order valence-electron chi connectivity index (χ4n) is 2.73. The number of ether oxygens (including phenoxy) is 1. The van der Waals surface area contributed by atoms with E-state index in [1.807, 2.05) is 30.2 Å². The van der Waals surface area contributed by atoms with E-state index in [2.05, 4.69) is 22.4 Å². The zero-order valence-electron chi connectivity index (χ0n) is 14.7. The fourth-order valence-corrected chi connectivity index (χ4v) is 2.73. The van der Waals surface area contributed by atoms with Gasteiger partial charge in [-0.3, -0.25) is 0 Å². The van der Waals surface area contributed by atoms with Crippen LogP contribution in [0.3, 0.4) is 0 Å². The second-order valence-electron chi connectivity index (χ2n) is 7.01. The zero-order valence-corrected chi connectivity index (χ0v) is 14.7. The first-order valence-electron chi connectivity index (χ1n) is 8.47. The van der Waals surface area contributed by atoms with Crippen LogP contribution >= 0.6 is 0 Å². The largest absolute Gasteiger partial charge is 0.444 e. The van der Waals surface area contributed by atoms with Gasteiger partial charge in [-0.2, -0.15) is 0 Å². The Labute approximate surface area is 138 Å². The average Bonchev–Trinajstić information content (AvgIpc) is 2.79. The summed E-state index contributed by atoms with van der Waals surface area (Å²) in [6.45, 7) is 10.9. The van der Waals surface area contributed by atoms with Crippen molar-refractivity contribution in [2.24, 2.45) is 0 Å². The summed E-state index contributed by atoms with van der Waals surface area (Å²) in [7, 11) is 0. The van der Waals surface area contributed by atoms with Gasteiger partial charge in [-0.05, 0) is 47.0 Å². The standard InChI is InChI=1S/C16H29N5O2/c1-5-20-12-18-19-14(20)11-17-13-7-6-9-21(10-8-13)15(22)23-16(2,3)4/h12-13,17H,5-11H2,1-4H3. The van der Waals surface area contributed by atoms with E-state index >= 15 is 0 Å². The van der Waals surface area contributed by atoms with E-state index < -0.39 is 5.60 Å². The maximum absolute atomic E-state index is 12.2. The van der Waals surface area contributed by atoms with Crippen LogP contribution in [0.5, 0.6) is 0 Å². The summed E-state index contributed by atoms with van der Waals surface area (Å²) in [5.74, 6) is 0.959. The Morgan fingerprint density at radius 3 is 2.87 bits per heavy atom. The van der Waals surface area contributed by atoms with Crippen molar-refractivity contribution in [1.29, 1.82) is 0 Å². The predicted molar refractivity (Wildman–Crippen MR) is 88.0 cm³/mol. The lowest BCUT2D eigenvalue weighted by atomic mass is 10.1. The Bertz CT molecular complexity index is 509. The molecule has 0 aromatic carbocycles. The molecule has 0 aliphatic carbocycles. The number of amides is 1. The van der Waals surface area contributed by atoms with Gasteiger partial charge in [0, 0.05) is 25.7 Å². The van der Waals surface area contributed by atoms with Crippen LogP contribution in [-0.2, 0) is 17.8 Å². The van der Waals surface area contributed by atoms with Gasteiger partial charge in [0.25, 0.3) is 0 Å². The lowest BCUT2D eigenvalue weighted by Crippen LogP contribution is -2.38. The van der Waals surface area contributed by atoms with E-state index in [9.17, 15) is 4.79 Å². The molecular weight excluding hydrogens is 294 g/mol. The Balaban J connectivity index is 1.81. The SMILES string of the molecule is CCn1cnnc1CNC1CCCN(C(=O)OC(C)(C)C)CC1. The summed E-state index contributed by atoms with van der Waals surface area (Å²) < 4.78 is 7.50. The number of nitrogens with one attached hydrogen (secondary N) is 1. The monoisotopic (exact) mass is 323 g/mol. The molecular formula is C16H29N5O2. The van der Waals surface area contributed by atoms with Gasteiger partial charge in [0.1, 0.15) is 17.8 Å². The van der Waals surface area contributed by atoms with Crippen molar-refractivity contribution in [2.45, 2.75) is 71.7 Å². The lowest BCUT2D eigenvalue weighted by Gasteiger charge is -2.26. The van der Waals surface area contributed by atoms with E-state index in [4.69, 9.17) is 4.74 Å². The van der Waals surface area contributed by atoms with Crippen molar-refractivity contribution in [1.82, 2.24) is 25.0 Å². The summed E-state index contributed by atoms with van der Waals surface area (Å²) in [5.41, 5.74) is -0.439. The Hall–Kier alpha value is -1.63. The highest BCUT2D eigenvalue weighted by molar-refractivity contribution is 5.68. The van der Waals surface area contributed by atoms with Gasteiger partial charge in [-0.25, -0.2) is 4.79 Å². The second-order valence-corrected chi connectivity index (χ2v) is 7.01. The number of hydrogen-bond acceptors (Lipinski definition) is 5. The van der Waals surface area contributed by atoms with Crippen LogP contribution < -0.4 is 5.32 Å². The maximum atomic E-state index is 12.2. The molecule has 0 bridgehead atoms. The topological polar surface area (TPSA) is 72.3 Å². The molecule has 1 aromatic heterocycles. The molecule has 1 saturated heterocycles. The first kappa shape index (κ1) is 17.7. The summed E-state index contributed by atoms with van der Waals surface area (Å²) in [4.78, 5) is 14.0. The summed E-state index contributed by atoms with van der Waals surface area (Å²) >= 11 is 0. The molecule has 1 aromatic rings. The van der Waals surface area contributed by atoms with Gasteiger partial charge in [-0.15, -0.1) is 10.2 Å². The van der Waals surface area contributed by atoms with Gasteiger partial charge in [0.2, 0.25) is 0 Å². The Morgan fingerprint density at radius 1 is 1.39 bits per heavy atom. The third-order valence-corrected chi connectivity index (χ3v) is 3.97. The van der Waals surface area contributed by atoms with Crippen LogP contribution in [0, 0.1) is 0 Å². The summed E-state index contributed by atoms with van der Waals surface area (Å²) in [5, 5.41) is 11.6. The quantitative estimate of drug-likeness (QED) is 0.919. The number of likely N-dealkylation sites (tertiary alicyclic amines) is 1. The highest BCUT2D eigenvalue weighted by Gasteiger charge is 2.25. The number of aromatic nitrogens is 3. The van der Waals surface area contributed by atoms with Gasteiger partial charge in [-0.1, -0.05) is 0 Å². The van der Waals surface area contributed by atoms with Crippen LogP contribution in [0.15, 0.2) is 6.33 Å². The molecule has 7 heteroatoms. The zero-order chi connectivity index (χ0) is 16.9. The van der Waals surface area contributed by atoms with Crippen molar-refractivity contribution < 1.29 is 9.53 Å². The highest BCUT2D eigenvalue weighted by atomic mass is 16.6. The molecule has 1 fully saturated rings. The first-order valence-corrected chi connectivity index (χ1v) is 8.47. The van der Waals surface area contributed by atoms with Gasteiger partial charge < -0.3 is 19.5 Å². The summed E-state index contributed by atoms with van der Waals surface area (Å²) in [6.07, 6.45) is 4.52. The highest BCUT2D eigenvalue weighted by Crippen LogP contribution is 2.15. The van der Waals surface area contributed by atoms with E-state index in [1.54, 1.807) is 6.33 Å². The van der Waals surface area contributed by atoms with Crippen molar-refractivity contribution in [3.05, 3.63) is 12.2 Å². The first-order chi connectivity index (χ1) is 10.9. The van der Waals surface area contributed by atoms with Crippen LogP contribution in [0.4, 0.5) is 4.79 Å². The third kappa shape index (κ3) is 5.49. The fraction of sp³-hybridized carbons (Fsp3) is 0.812. The van der Waals surface area contributed by atoms with Gasteiger partial charge in [0.05, 0.1) is 6.54 Å². The number of hydrogen-bond donors (Lipinski definition) is 1. The molecule has 7 nitrogen and oxygen atoms in total. The van der Waals surface area contributed by atoms with Gasteiger partial charge >= 0.3 is 6.09 Å². The Morgan fingerprint density at radius 2 is 2.17 bits per heavy atom. The molecule has 130 valence electrons. The molecule has 0 saturated carbocycles. The van der Waals surface area contributed by atoms with Crippen molar-refractivity contribution in [3.63, 3.8) is 0 Å². The van der Waals surface area contributed by atoms with Gasteiger partial charge in [0.15, 0.2) is 0 Å². The number of carbonyl (C=O) groups is 1. The molecule has 0 spiro atoms. The number of nitrogens with zero attached hydrogens (tertiary/aromatic N) is 4. The second kappa shape index (κ2) is 7.77. The van der Waals surface area contributed by atoms with Crippen molar-refractivity contribution in [3.8, 4) is 0 Å². The van der Waals surface area contributed by atoms with E-state index in [0.717, 1.165) is 44.7 Å². The smallest absolute Gasteiger partial charge is 0.410 e. The van der Waals surface area contributed by atoms with Crippen LogP contribution in [0.2, 0.25) is 0 Å². The molecule has 1 atom stereocenters. The lowest BCUT2D eigenvalue weighted by molar-refractivity contribution is 0.0256. The molecule has 1 aliphatic heterocycles. The number of rotatable bonds is 4. The maximum Gasteiger partial charge on any atom is 0.410 e. The molecule has 1 amide bonds. The van der Waals surface area contributed by atoms with Crippen LogP contribution in [-0.4, -0.2) is 50.5 Å². The molecule has 1 aliphatic rings. The van der Waals surface area contributed by atoms with Crippen LogP contribution in [0.1, 0.15) is 52.8 Å². The minimum absolute atomic E-state index is 0.205. The number of carbonyl (C=O) groups excluding carboxylic acids is 1. The van der Waals surface area contributed by atoms with E-state index in [1.165, 1.54) is 0 Å². The number of aryl methyl sites for hydroxylation is 1. The minimum atomic E-state index is -0.439. The predicted octanol–water partition coefficient (Wildman–Crippen LogP) is 2.18. The normalized spacial score (nSPS) is 19.5. The molecule has 2 rings (SSSR count). The van der Waals surface area contributed by atoms with Crippen molar-refractivity contribution in [2.75, 3.05) is 13.1 Å². The van der Waals surface area contributed by atoms with E-state index in [-0.39, 0.29) is 6.09 Å². The average molecular weight is 323 g/mol. The summed E-state index contributed by atoms with van der Waals surface area (Å²) in [6, 6.07) is 0.393. The van der Waals surface area contributed by atoms with Crippen LogP contribution in [0.25, 0.3) is 0 Å². The third-order valence-electron chi connectivity index (χ3n) is 3.97. The molecule has 23 heavy (non-hydrogen) atoms. The molecule has 2 heterocycles. The van der Waals surface area contributed by atoms with Crippen molar-refractivity contribution >= 4 is 6.09 Å². The molecule has 0 radical (unpaired) electrons. The van der Waals surface area contributed by atoms with E-state index in [0.29, 0.717) is 12.6 Å². The Kier molecular flexibility index (Phi) is 5.98. The molecule has 1 N–H and O–H groups in total. The minimum Gasteiger partial charge on any atom is -0.444 e.